The first-order chi connectivity index (χ1) is 9.40. The smallest absolute Gasteiger partial charge is 0.319 e. The summed E-state index contributed by atoms with van der Waals surface area (Å²) in [6, 6.07) is 7.18. The van der Waals surface area contributed by atoms with Crippen molar-refractivity contribution < 1.29 is 14.7 Å². The number of nitrogens with zero attached hydrogens (tertiary/aromatic N) is 2. The molecule has 2 amide bonds. The average Bonchev–Trinajstić information content (AvgIpc) is 2.39. The maximum absolute atomic E-state index is 12.1. The number of amides is 2. The maximum Gasteiger partial charge on any atom is 0.319 e. The zero-order chi connectivity index (χ0) is 15.1. The minimum atomic E-state index is -0.847. The molecule has 0 fully saturated rings. The number of carbonyl (C=O) groups is 2. The van der Waals surface area contributed by atoms with E-state index < -0.39 is 5.97 Å². The van der Waals surface area contributed by atoms with Crippen LogP contribution in [-0.2, 0) is 11.3 Å². The fraction of sp³-hybridized carbons (Fsp3) is 0.429. The standard InChI is InChI=1S/C14H19ClN2O3/c1-16(9-3-4-13(18)19)14(20)17(2)10-11-5-7-12(15)8-6-11/h5-8H,3-4,9-10H2,1-2H3,(H,18,19). The Kier molecular flexibility index (Phi) is 6.31. The molecular formula is C14H19ClN2O3. The van der Waals surface area contributed by atoms with Crippen LogP contribution in [0.4, 0.5) is 4.79 Å². The SMILES string of the molecule is CN(CCCC(=O)O)C(=O)N(C)Cc1ccc(Cl)cc1. The van der Waals surface area contributed by atoms with Crippen molar-refractivity contribution in [2.75, 3.05) is 20.6 Å². The van der Waals surface area contributed by atoms with Gasteiger partial charge in [-0.1, -0.05) is 23.7 Å². The van der Waals surface area contributed by atoms with Gasteiger partial charge in [-0.3, -0.25) is 4.79 Å². The van der Waals surface area contributed by atoms with Gasteiger partial charge in [0.05, 0.1) is 0 Å². The van der Waals surface area contributed by atoms with Gasteiger partial charge in [-0.15, -0.1) is 0 Å². The molecule has 1 N–H and O–H groups in total. The lowest BCUT2D eigenvalue weighted by Crippen LogP contribution is -2.38. The Balaban J connectivity index is 2.45. The molecule has 0 aliphatic carbocycles. The average molecular weight is 299 g/mol. The van der Waals surface area contributed by atoms with Crippen LogP contribution < -0.4 is 0 Å². The van der Waals surface area contributed by atoms with Crippen LogP contribution in [-0.4, -0.2) is 47.5 Å². The summed E-state index contributed by atoms with van der Waals surface area (Å²) >= 11 is 5.81. The molecule has 0 bridgehead atoms. The molecule has 0 aliphatic heterocycles. The highest BCUT2D eigenvalue weighted by Crippen LogP contribution is 2.11. The number of benzene rings is 1. The van der Waals surface area contributed by atoms with Gasteiger partial charge in [0.25, 0.3) is 0 Å². The summed E-state index contributed by atoms with van der Waals surface area (Å²) in [6.07, 6.45) is 0.519. The first kappa shape index (κ1) is 16.3. The van der Waals surface area contributed by atoms with Gasteiger partial charge in [0, 0.05) is 38.6 Å². The van der Waals surface area contributed by atoms with Gasteiger partial charge in [0.2, 0.25) is 0 Å². The zero-order valence-electron chi connectivity index (χ0n) is 11.7. The van der Waals surface area contributed by atoms with Gasteiger partial charge in [-0.2, -0.15) is 0 Å². The predicted octanol–water partition coefficient (Wildman–Crippen LogP) is 2.69. The molecule has 0 aromatic heterocycles. The van der Waals surface area contributed by atoms with Crippen molar-refractivity contribution in [1.82, 2.24) is 9.80 Å². The summed E-state index contributed by atoms with van der Waals surface area (Å²) in [5.41, 5.74) is 0.990. The molecule has 0 radical (unpaired) electrons. The maximum atomic E-state index is 12.1. The van der Waals surface area contributed by atoms with Gasteiger partial charge in [-0.05, 0) is 24.1 Å². The van der Waals surface area contributed by atoms with Crippen molar-refractivity contribution in [2.45, 2.75) is 19.4 Å². The molecule has 0 aliphatic rings. The lowest BCUT2D eigenvalue weighted by Gasteiger charge is -2.24. The van der Waals surface area contributed by atoms with Gasteiger partial charge in [0.1, 0.15) is 0 Å². The highest BCUT2D eigenvalue weighted by atomic mass is 35.5. The van der Waals surface area contributed by atoms with E-state index in [1.165, 1.54) is 4.90 Å². The Morgan fingerprint density at radius 3 is 2.30 bits per heavy atom. The van der Waals surface area contributed by atoms with Crippen LogP contribution in [0.2, 0.25) is 5.02 Å². The molecule has 110 valence electrons. The van der Waals surface area contributed by atoms with E-state index in [1.54, 1.807) is 31.1 Å². The molecule has 0 atom stereocenters. The van der Waals surface area contributed by atoms with E-state index in [9.17, 15) is 9.59 Å². The molecule has 0 spiro atoms. The normalized spacial score (nSPS) is 10.2. The molecule has 6 heteroatoms. The lowest BCUT2D eigenvalue weighted by atomic mass is 10.2. The van der Waals surface area contributed by atoms with Crippen LogP contribution in [0.3, 0.4) is 0 Å². The van der Waals surface area contributed by atoms with Crippen molar-refractivity contribution in [3.8, 4) is 0 Å². The Bertz CT molecular complexity index is 462. The molecule has 5 nitrogen and oxygen atoms in total. The van der Waals surface area contributed by atoms with E-state index in [4.69, 9.17) is 16.7 Å². The monoisotopic (exact) mass is 298 g/mol. The number of carboxylic acids is 1. The van der Waals surface area contributed by atoms with E-state index in [-0.39, 0.29) is 12.5 Å². The topological polar surface area (TPSA) is 60.9 Å². The highest BCUT2D eigenvalue weighted by molar-refractivity contribution is 6.30. The molecule has 20 heavy (non-hydrogen) atoms. The Morgan fingerprint density at radius 1 is 1.15 bits per heavy atom. The zero-order valence-corrected chi connectivity index (χ0v) is 12.4. The van der Waals surface area contributed by atoms with E-state index >= 15 is 0 Å². The first-order valence-corrected chi connectivity index (χ1v) is 6.70. The van der Waals surface area contributed by atoms with Crippen molar-refractivity contribution in [1.29, 1.82) is 0 Å². The molecule has 0 saturated heterocycles. The fourth-order valence-corrected chi connectivity index (χ4v) is 1.91. The fourth-order valence-electron chi connectivity index (χ4n) is 1.79. The number of halogens is 1. The van der Waals surface area contributed by atoms with Crippen molar-refractivity contribution in [3.63, 3.8) is 0 Å². The Morgan fingerprint density at radius 2 is 1.75 bits per heavy atom. The van der Waals surface area contributed by atoms with Crippen LogP contribution in [0.25, 0.3) is 0 Å². The van der Waals surface area contributed by atoms with Crippen LogP contribution in [0, 0.1) is 0 Å². The number of hydrogen-bond donors (Lipinski definition) is 1. The van der Waals surface area contributed by atoms with Gasteiger partial charge >= 0.3 is 12.0 Å². The summed E-state index contributed by atoms with van der Waals surface area (Å²) in [5, 5.41) is 9.23. The third-order valence-electron chi connectivity index (χ3n) is 2.87. The lowest BCUT2D eigenvalue weighted by molar-refractivity contribution is -0.137. The predicted molar refractivity (Wildman–Crippen MR) is 77.8 cm³/mol. The third-order valence-corrected chi connectivity index (χ3v) is 3.12. The number of hydrogen-bond acceptors (Lipinski definition) is 2. The number of carboxylic acid groups (broad SMARTS) is 1. The molecule has 0 saturated carbocycles. The van der Waals surface area contributed by atoms with Crippen molar-refractivity contribution in [3.05, 3.63) is 34.9 Å². The molecule has 1 aromatic rings. The summed E-state index contributed by atoms with van der Waals surface area (Å²) in [4.78, 5) is 25.6. The Labute approximate surface area is 123 Å². The van der Waals surface area contributed by atoms with E-state index in [2.05, 4.69) is 0 Å². The van der Waals surface area contributed by atoms with Crippen LogP contribution in [0.5, 0.6) is 0 Å². The van der Waals surface area contributed by atoms with E-state index in [1.807, 2.05) is 12.1 Å². The number of carbonyl (C=O) groups excluding carboxylic acids is 1. The van der Waals surface area contributed by atoms with Crippen LogP contribution >= 0.6 is 11.6 Å². The second kappa shape index (κ2) is 7.75. The molecular weight excluding hydrogens is 280 g/mol. The summed E-state index contributed by atoms with van der Waals surface area (Å²) in [5.74, 6) is -0.847. The molecule has 0 unspecified atom stereocenters. The second-order valence-corrected chi connectivity index (χ2v) is 5.12. The minimum absolute atomic E-state index is 0.0680. The van der Waals surface area contributed by atoms with Crippen LogP contribution in [0.15, 0.2) is 24.3 Å². The first-order valence-electron chi connectivity index (χ1n) is 6.32. The largest absolute Gasteiger partial charge is 0.481 e. The van der Waals surface area contributed by atoms with Gasteiger partial charge in [0.15, 0.2) is 0 Å². The van der Waals surface area contributed by atoms with E-state index in [0.29, 0.717) is 24.5 Å². The van der Waals surface area contributed by atoms with Crippen molar-refractivity contribution in [2.24, 2.45) is 0 Å². The minimum Gasteiger partial charge on any atom is -0.481 e. The van der Waals surface area contributed by atoms with E-state index in [0.717, 1.165) is 5.56 Å². The third kappa shape index (κ3) is 5.48. The number of urea groups is 1. The molecule has 1 rings (SSSR count). The summed E-state index contributed by atoms with van der Waals surface area (Å²) in [7, 11) is 3.38. The molecule has 0 heterocycles. The van der Waals surface area contributed by atoms with Gasteiger partial charge in [-0.25, -0.2) is 4.79 Å². The van der Waals surface area contributed by atoms with Crippen molar-refractivity contribution >= 4 is 23.6 Å². The second-order valence-electron chi connectivity index (χ2n) is 4.68. The van der Waals surface area contributed by atoms with Crippen LogP contribution in [0.1, 0.15) is 18.4 Å². The quantitative estimate of drug-likeness (QED) is 0.878. The number of aliphatic carboxylic acids is 1. The van der Waals surface area contributed by atoms with Gasteiger partial charge < -0.3 is 14.9 Å². The number of rotatable bonds is 6. The molecule has 1 aromatic carbocycles. The highest BCUT2D eigenvalue weighted by Gasteiger charge is 2.14. The summed E-state index contributed by atoms with van der Waals surface area (Å²) in [6.45, 7) is 0.912. The summed E-state index contributed by atoms with van der Waals surface area (Å²) < 4.78 is 0. The Hall–Kier alpha value is -1.75.